The molecule has 348 valence electrons. The van der Waals surface area contributed by atoms with Crippen molar-refractivity contribution in [3.8, 4) is 35.1 Å². The molecule has 1 heteroatoms. The average molecular weight is 918 g/mol. The molecular weight excluding hydrogens is 855 g/mol. The van der Waals surface area contributed by atoms with Crippen LogP contribution >= 0.6 is 0 Å². The quantitative estimate of drug-likeness (QED) is 0.156. The first kappa shape index (κ1) is 45.8. The summed E-state index contributed by atoms with van der Waals surface area (Å²) in [6.07, 6.45) is 26.7. The van der Waals surface area contributed by atoms with Gasteiger partial charge in [-0.25, -0.2) is 0 Å². The van der Waals surface area contributed by atoms with Gasteiger partial charge in [0.15, 0.2) is 0 Å². The number of anilines is 2. The lowest BCUT2D eigenvalue weighted by Crippen LogP contribution is -2.33. The summed E-state index contributed by atoms with van der Waals surface area (Å²) in [6, 6.07) is 59.3. The largest absolute Gasteiger partial charge is 0.335 e. The van der Waals surface area contributed by atoms with Crippen LogP contribution in [-0.2, 0) is 11.8 Å². The number of nitrogens with zero attached hydrogens (tertiary/aromatic N) is 1. The fourth-order valence-corrected chi connectivity index (χ4v) is 13.1. The van der Waals surface area contributed by atoms with E-state index in [4.69, 9.17) is 0 Å². The molecule has 8 aromatic carbocycles. The summed E-state index contributed by atoms with van der Waals surface area (Å²) < 4.78 is 0. The van der Waals surface area contributed by atoms with E-state index < -0.39 is 0 Å². The second-order valence-corrected chi connectivity index (χ2v) is 21.5. The van der Waals surface area contributed by atoms with Crippen molar-refractivity contribution in [1.29, 1.82) is 0 Å². The lowest BCUT2D eigenvalue weighted by molar-refractivity contribution is 0.341. The number of benzene rings is 8. The first-order valence-corrected chi connectivity index (χ1v) is 25.5. The van der Waals surface area contributed by atoms with Gasteiger partial charge in [0.2, 0.25) is 0 Å². The predicted molar refractivity (Wildman–Crippen MR) is 306 cm³/mol. The van der Waals surface area contributed by atoms with Gasteiger partial charge in [-0.3, -0.25) is 0 Å². The molecule has 4 aliphatic rings. The summed E-state index contributed by atoms with van der Waals surface area (Å²) in [5.74, 6) is 1.09. The third-order valence-corrected chi connectivity index (χ3v) is 16.3. The standard InChI is InChI=1S/C68H61N.C2H2/c1-43-20-11-14-27-54(43)60-40-49-23-12-15-28-55(49)56-29-16-13-24-50(56)42-67(4,5)62(60)36-45(3)69(52-26-19-25-47(37-52)46-21-9-8-10-22-46)53-34-33-48-39-61-63(41-51(48)38-53)68(6,7)66-58-31-18-17-30-57(58)64-44(2)32-35-59(64)65(61)66;1-2/h8-39,41,44-45,50,56H,1,40,42H2,2-7H3;1-2H/b60-54-,62-36+;. The normalized spacial score (nSPS) is 20.6. The SMILES string of the molecule is C#C.C=c1cccc/c1=C1\Cc2ccccc2C2C=CC=CC2CC(C)(C)\C1=C\C(C)N(c1cccc(-c2ccccc2)c1)c1ccc2cc3c(cc2c1)C(C)(C)c1c-3c2c(c3ccccc13)C(C)C=C2. The van der Waals surface area contributed by atoms with Crippen molar-refractivity contribution >= 4 is 51.1 Å². The van der Waals surface area contributed by atoms with Crippen LogP contribution in [0.5, 0.6) is 0 Å². The Hall–Kier alpha value is -7.66. The molecule has 8 aromatic rings. The van der Waals surface area contributed by atoms with Gasteiger partial charge in [-0.15, -0.1) is 12.8 Å². The van der Waals surface area contributed by atoms with E-state index in [1.807, 2.05) is 0 Å². The Morgan fingerprint density at radius 2 is 1.38 bits per heavy atom. The monoisotopic (exact) mass is 917 g/mol. The van der Waals surface area contributed by atoms with E-state index in [1.54, 1.807) is 0 Å². The zero-order valence-electron chi connectivity index (χ0n) is 42.1. The molecule has 0 bridgehead atoms. The minimum atomic E-state index is -0.176. The van der Waals surface area contributed by atoms with Crippen LogP contribution in [0.15, 0.2) is 200 Å². The molecule has 0 N–H and O–H groups in total. The van der Waals surface area contributed by atoms with Crippen LogP contribution in [0.2, 0.25) is 0 Å². The highest BCUT2D eigenvalue weighted by atomic mass is 15.2. The van der Waals surface area contributed by atoms with Crippen molar-refractivity contribution in [2.24, 2.45) is 11.3 Å². The van der Waals surface area contributed by atoms with Gasteiger partial charge in [0, 0.05) is 34.7 Å². The third kappa shape index (κ3) is 7.73. The number of rotatable bonds is 5. The topological polar surface area (TPSA) is 3.24 Å². The van der Waals surface area contributed by atoms with Gasteiger partial charge in [0.25, 0.3) is 0 Å². The van der Waals surface area contributed by atoms with Crippen molar-refractivity contribution < 1.29 is 0 Å². The molecule has 4 unspecified atom stereocenters. The van der Waals surface area contributed by atoms with E-state index >= 15 is 0 Å². The minimum absolute atomic E-state index is 0.0267. The first-order chi connectivity index (χ1) is 34.5. The van der Waals surface area contributed by atoms with Gasteiger partial charge in [-0.05, 0) is 166 Å². The first-order valence-electron chi connectivity index (χ1n) is 25.5. The highest BCUT2D eigenvalue weighted by Crippen LogP contribution is 2.57. The van der Waals surface area contributed by atoms with Gasteiger partial charge in [0.1, 0.15) is 0 Å². The maximum absolute atomic E-state index is 4.66. The molecular formula is C70H63N. The van der Waals surface area contributed by atoms with E-state index in [2.05, 4.69) is 266 Å². The molecule has 0 aliphatic heterocycles. The summed E-state index contributed by atoms with van der Waals surface area (Å²) in [7, 11) is 0. The van der Waals surface area contributed by atoms with Crippen molar-refractivity contribution in [1.82, 2.24) is 0 Å². The van der Waals surface area contributed by atoms with Crippen LogP contribution in [0.25, 0.3) is 62.0 Å². The smallest absolute Gasteiger partial charge is 0.0500 e. The lowest BCUT2D eigenvalue weighted by atomic mass is 9.69. The zero-order valence-corrected chi connectivity index (χ0v) is 42.1. The highest BCUT2D eigenvalue weighted by molar-refractivity contribution is 6.07. The van der Waals surface area contributed by atoms with Crippen molar-refractivity contribution in [2.75, 3.05) is 4.90 Å². The highest BCUT2D eigenvalue weighted by Gasteiger charge is 2.41. The fourth-order valence-electron chi connectivity index (χ4n) is 13.1. The lowest BCUT2D eigenvalue weighted by Gasteiger charge is -2.37. The molecule has 4 aliphatic carbocycles. The van der Waals surface area contributed by atoms with Gasteiger partial charge < -0.3 is 4.90 Å². The van der Waals surface area contributed by atoms with Crippen LogP contribution in [0.3, 0.4) is 0 Å². The molecule has 4 atom stereocenters. The summed E-state index contributed by atoms with van der Waals surface area (Å²) >= 11 is 0. The van der Waals surface area contributed by atoms with E-state index in [9.17, 15) is 0 Å². The maximum atomic E-state index is 4.66. The Kier molecular flexibility index (Phi) is 11.6. The van der Waals surface area contributed by atoms with Gasteiger partial charge in [-0.2, -0.15) is 0 Å². The number of hydrogen-bond acceptors (Lipinski definition) is 1. The van der Waals surface area contributed by atoms with Gasteiger partial charge in [0.05, 0.1) is 0 Å². The maximum Gasteiger partial charge on any atom is 0.0500 e. The van der Waals surface area contributed by atoms with E-state index in [-0.39, 0.29) is 16.9 Å². The second-order valence-electron chi connectivity index (χ2n) is 21.5. The van der Waals surface area contributed by atoms with Crippen molar-refractivity contribution in [3.05, 3.63) is 244 Å². The summed E-state index contributed by atoms with van der Waals surface area (Å²) in [4.78, 5) is 2.59. The van der Waals surface area contributed by atoms with Gasteiger partial charge in [-0.1, -0.05) is 205 Å². The minimum Gasteiger partial charge on any atom is -0.335 e. The van der Waals surface area contributed by atoms with E-state index in [0.717, 1.165) is 18.1 Å². The number of fused-ring (bicyclic) bond motifs is 12. The summed E-state index contributed by atoms with van der Waals surface area (Å²) in [5.41, 5.74) is 18.6. The molecule has 0 fully saturated rings. The molecule has 71 heavy (non-hydrogen) atoms. The van der Waals surface area contributed by atoms with Crippen LogP contribution in [0, 0.1) is 24.2 Å². The van der Waals surface area contributed by atoms with Crippen LogP contribution in [-0.4, -0.2) is 6.04 Å². The molecule has 0 amide bonds. The summed E-state index contributed by atoms with van der Waals surface area (Å²) in [5, 5.41) is 7.62. The van der Waals surface area contributed by atoms with E-state index in [1.165, 1.54) is 105 Å². The second kappa shape index (κ2) is 17.9. The molecule has 0 heterocycles. The third-order valence-electron chi connectivity index (χ3n) is 16.3. The molecule has 12 rings (SSSR count). The van der Waals surface area contributed by atoms with Crippen LogP contribution in [0.4, 0.5) is 11.4 Å². The molecule has 0 radical (unpaired) electrons. The van der Waals surface area contributed by atoms with Gasteiger partial charge >= 0.3 is 0 Å². The Balaban J connectivity index is 0.00000270. The molecule has 0 saturated heterocycles. The predicted octanol–water partition coefficient (Wildman–Crippen LogP) is 16.6. The molecule has 0 saturated carbocycles. The fraction of sp³-hybridized carbons (Fsp3) is 0.200. The molecule has 1 nitrogen and oxygen atoms in total. The summed E-state index contributed by atoms with van der Waals surface area (Å²) in [6.45, 7) is 19.3. The van der Waals surface area contributed by atoms with Crippen LogP contribution < -0.4 is 15.3 Å². The molecule has 0 spiro atoms. The molecule has 0 aromatic heterocycles. The average Bonchev–Trinajstić information content (AvgIpc) is 3.89. The Morgan fingerprint density at radius 3 is 2.20 bits per heavy atom. The van der Waals surface area contributed by atoms with Crippen LogP contribution in [0.1, 0.15) is 93.2 Å². The van der Waals surface area contributed by atoms with Crippen molar-refractivity contribution in [2.45, 2.75) is 77.7 Å². The Bertz CT molecular complexity index is 3680. The van der Waals surface area contributed by atoms with Crippen molar-refractivity contribution in [3.63, 3.8) is 0 Å². The number of terminal acetylenes is 1. The Morgan fingerprint density at radius 1 is 0.676 bits per heavy atom. The Labute approximate surface area is 421 Å². The van der Waals surface area contributed by atoms with E-state index in [0.29, 0.717) is 17.8 Å². The number of hydrogen-bond donors (Lipinski definition) is 0. The number of allylic oxidation sites excluding steroid dienone is 6. The zero-order chi connectivity index (χ0) is 49.2.